The SMILES string of the molecule is C[C@]12C=CC(=O)C=C1[C@@H](F)C[C@H]1[C@@H]3C[C@@H](OCc4cccc(F)c4)[C@](O)(C(=O)COP(=O)([O-])OP(=O)([O-])OCCNC(=O)CCCC(=O)ON4C(=O)CCC4=O)[C@@]3(C)C[C@H](O)[C@@]12F. The molecule has 4 aliphatic carbocycles. The van der Waals surface area contributed by atoms with Gasteiger partial charge in [0.05, 0.1) is 25.4 Å². The number of aliphatic hydroxyl groups is 2. The van der Waals surface area contributed by atoms with Crippen LogP contribution in [0.25, 0.3) is 0 Å². The van der Waals surface area contributed by atoms with E-state index in [2.05, 4.69) is 23.5 Å². The summed E-state index contributed by atoms with van der Waals surface area (Å²) in [6, 6.07) is 5.07. The Labute approximate surface area is 358 Å². The van der Waals surface area contributed by atoms with Crippen molar-refractivity contribution >= 4 is 50.9 Å². The summed E-state index contributed by atoms with van der Waals surface area (Å²) in [6.45, 7) is -0.746. The fraction of sp³-hybridized carbons (Fsp3) is 0.590. The molecule has 6 rings (SSSR count). The summed E-state index contributed by atoms with van der Waals surface area (Å²) in [5.41, 5.74) is -9.16. The van der Waals surface area contributed by atoms with Crippen LogP contribution in [0, 0.1) is 28.5 Å². The lowest BCUT2D eigenvalue weighted by Crippen LogP contribution is -2.71. The van der Waals surface area contributed by atoms with Crippen molar-refractivity contribution in [1.29, 1.82) is 0 Å². The summed E-state index contributed by atoms with van der Waals surface area (Å²) in [5, 5.41) is 26.7. The molecule has 5 aliphatic rings. The molecule has 1 aliphatic heterocycles. The van der Waals surface area contributed by atoms with Gasteiger partial charge in [0.1, 0.15) is 18.6 Å². The Bertz CT molecular complexity index is 2200. The first-order valence-electron chi connectivity index (χ1n) is 19.9. The maximum atomic E-state index is 17.8. The number of hydrogen-bond acceptors (Lipinski definition) is 17. The van der Waals surface area contributed by atoms with Crippen LogP contribution in [0.2, 0.25) is 0 Å². The minimum absolute atomic E-state index is 0.0936. The lowest BCUT2D eigenvalue weighted by atomic mass is 9.44. The number of hydroxylamine groups is 2. The molecule has 1 heterocycles. The van der Waals surface area contributed by atoms with Crippen molar-refractivity contribution < 1.29 is 94.0 Å². The number of imide groups is 1. The number of hydrogen-bond donors (Lipinski definition) is 3. The molecule has 3 N–H and O–H groups in total. The molecule has 0 aromatic heterocycles. The number of amides is 3. The number of halogens is 3. The molecule has 19 nitrogen and oxygen atoms in total. The Morgan fingerprint density at radius 3 is 2.38 bits per heavy atom. The topological polar surface area (TPSA) is 285 Å². The van der Waals surface area contributed by atoms with E-state index in [1.807, 2.05) is 0 Å². The van der Waals surface area contributed by atoms with Gasteiger partial charge in [-0.2, -0.15) is 0 Å². The van der Waals surface area contributed by atoms with Gasteiger partial charge in [0.15, 0.2) is 22.8 Å². The third-order valence-corrected chi connectivity index (χ3v) is 15.3. The smallest absolute Gasteiger partial charge is 0.333 e. The molecule has 11 atom stereocenters. The summed E-state index contributed by atoms with van der Waals surface area (Å²) < 4.78 is 92.1. The van der Waals surface area contributed by atoms with Gasteiger partial charge in [-0.1, -0.05) is 25.1 Å². The van der Waals surface area contributed by atoms with E-state index in [1.54, 1.807) is 0 Å². The highest BCUT2D eigenvalue weighted by Crippen LogP contribution is 2.70. The van der Waals surface area contributed by atoms with Crippen molar-refractivity contribution in [2.45, 2.75) is 101 Å². The first kappa shape index (κ1) is 48.5. The molecule has 2 unspecified atom stereocenters. The molecular formula is C39H45F3N2O17P2-2. The lowest BCUT2D eigenvalue weighted by Gasteiger charge is -2.62. The zero-order chi connectivity index (χ0) is 46.3. The second-order valence-electron chi connectivity index (χ2n) is 16.5. The normalized spacial score (nSPS) is 34.3. The Hall–Kier alpha value is -3.95. The number of nitrogens with one attached hydrogen (secondary N) is 1. The quantitative estimate of drug-likeness (QED) is 0.108. The number of allylic oxidation sites excluding steroid dienone is 4. The third kappa shape index (κ3) is 9.43. The first-order chi connectivity index (χ1) is 29.4. The van der Waals surface area contributed by atoms with Crippen molar-refractivity contribution in [1.82, 2.24) is 10.4 Å². The first-order valence-corrected chi connectivity index (χ1v) is 22.8. The minimum Gasteiger partial charge on any atom is -0.756 e. The van der Waals surface area contributed by atoms with E-state index in [4.69, 9.17) is 4.74 Å². The number of nitrogens with zero attached hydrogens (tertiary/aromatic N) is 1. The van der Waals surface area contributed by atoms with E-state index in [0.717, 1.165) is 24.3 Å². The van der Waals surface area contributed by atoms with Gasteiger partial charge in [-0.25, -0.2) is 22.3 Å². The van der Waals surface area contributed by atoms with Gasteiger partial charge >= 0.3 is 5.97 Å². The molecule has 0 bridgehead atoms. The monoisotopic (exact) mass is 932 g/mol. The van der Waals surface area contributed by atoms with E-state index < -0.39 is 148 Å². The summed E-state index contributed by atoms with van der Waals surface area (Å²) >= 11 is 0. The molecule has 63 heavy (non-hydrogen) atoms. The van der Waals surface area contributed by atoms with Crippen LogP contribution in [0.5, 0.6) is 0 Å². The number of fused-ring (bicyclic) bond motifs is 5. The second-order valence-corrected chi connectivity index (χ2v) is 19.5. The fourth-order valence-corrected chi connectivity index (χ4v) is 11.7. The highest BCUT2D eigenvalue weighted by atomic mass is 31.3. The number of Topliss-reactive ketones (excluding diaryl/α,β-unsaturated/α-hetero) is 1. The predicted octanol–water partition coefficient (Wildman–Crippen LogP) is 1.82. The number of carbonyl (C=O) groups is 6. The Morgan fingerprint density at radius 2 is 1.70 bits per heavy atom. The Kier molecular flexibility index (Phi) is 14.0. The van der Waals surface area contributed by atoms with E-state index in [1.165, 1.54) is 32.1 Å². The zero-order valence-electron chi connectivity index (χ0n) is 33.9. The Balaban J connectivity index is 1.08. The standard InChI is InChI=1S/C39H47F3N2O17P2/c1-36-12-11-24(45)16-27(36)28(41)17-26-25-18-31(57-20-22-5-3-6-23(40)15-22)39(52,37(25,2)19-29(46)38(26,36)42)30(47)21-59-63(55,56)61-62(53,54)58-14-13-43-32(48)7-4-8-35(51)60-44-33(49)9-10-34(44)50/h3,5-6,11-12,15-16,25-26,28-29,31,46,52H,4,7-10,13-14,17-21H2,1-2H3,(H,43,48)(H,53,54)(H,55,56)/p-2/t25-,26-,28-,29-,31+,36-,37-,38-,39+/m0/s1. The number of carbonyl (C=O) groups excluding carboxylic acids is 6. The van der Waals surface area contributed by atoms with Gasteiger partial charge in [-0.05, 0) is 73.9 Å². The molecule has 1 aromatic rings. The van der Waals surface area contributed by atoms with E-state index in [-0.39, 0.29) is 49.7 Å². The minimum atomic E-state index is -6.02. The van der Waals surface area contributed by atoms with Gasteiger partial charge in [-0.3, -0.25) is 33.1 Å². The lowest BCUT2D eigenvalue weighted by molar-refractivity contribution is -0.245. The predicted molar refractivity (Wildman–Crippen MR) is 201 cm³/mol. The van der Waals surface area contributed by atoms with E-state index in [0.29, 0.717) is 5.06 Å². The number of ether oxygens (including phenoxy) is 1. The van der Waals surface area contributed by atoms with Crippen molar-refractivity contribution in [2.24, 2.45) is 22.7 Å². The van der Waals surface area contributed by atoms with Gasteiger partial charge in [0.25, 0.3) is 27.5 Å². The maximum absolute atomic E-state index is 17.8. The van der Waals surface area contributed by atoms with E-state index in [9.17, 15) is 62.3 Å². The van der Waals surface area contributed by atoms with Crippen LogP contribution in [-0.4, -0.2) is 99.9 Å². The average Bonchev–Trinajstić information content (AvgIpc) is 3.63. The fourth-order valence-electron chi connectivity index (χ4n) is 9.76. The molecule has 1 saturated heterocycles. The molecule has 3 saturated carbocycles. The molecular weight excluding hydrogens is 887 g/mol. The molecule has 346 valence electrons. The number of aliphatic hydroxyl groups excluding tert-OH is 1. The van der Waals surface area contributed by atoms with Crippen molar-refractivity contribution in [3.8, 4) is 0 Å². The summed E-state index contributed by atoms with van der Waals surface area (Å²) in [4.78, 5) is 103. The van der Waals surface area contributed by atoms with Gasteiger partial charge in [0, 0.05) is 49.0 Å². The number of benzene rings is 1. The van der Waals surface area contributed by atoms with Crippen LogP contribution in [0.3, 0.4) is 0 Å². The number of ketones is 2. The average molecular weight is 933 g/mol. The van der Waals surface area contributed by atoms with Crippen LogP contribution >= 0.6 is 15.6 Å². The number of alkyl halides is 2. The Morgan fingerprint density at radius 1 is 1.02 bits per heavy atom. The summed E-state index contributed by atoms with van der Waals surface area (Å²) in [6.07, 6.45) is -4.86. The number of phosphoric acid groups is 2. The zero-order valence-corrected chi connectivity index (χ0v) is 35.7. The molecule has 4 fully saturated rings. The van der Waals surface area contributed by atoms with E-state index >= 15 is 8.78 Å². The molecule has 0 spiro atoms. The van der Waals surface area contributed by atoms with Crippen LogP contribution in [-0.2, 0) is 67.4 Å². The highest BCUT2D eigenvalue weighted by molar-refractivity contribution is 7.59. The summed E-state index contributed by atoms with van der Waals surface area (Å²) in [7, 11) is -11.8. The number of rotatable bonds is 18. The van der Waals surface area contributed by atoms with Crippen molar-refractivity contribution in [3.05, 3.63) is 59.4 Å². The molecule has 1 aromatic carbocycles. The van der Waals surface area contributed by atoms with Crippen LogP contribution in [0.1, 0.15) is 70.8 Å². The van der Waals surface area contributed by atoms with Gasteiger partial charge in [0.2, 0.25) is 5.91 Å². The summed E-state index contributed by atoms with van der Waals surface area (Å²) in [5.74, 6) is -8.26. The highest BCUT2D eigenvalue weighted by Gasteiger charge is 2.77. The van der Waals surface area contributed by atoms with Crippen molar-refractivity contribution in [3.63, 3.8) is 0 Å². The van der Waals surface area contributed by atoms with Gasteiger partial charge in [-0.15, -0.1) is 5.06 Å². The van der Waals surface area contributed by atoms with Crippen LogP contribution in [0.4, 0.5) is 13.2 Å². The van der Waals surface area contributed by atoms with Crippen LogP contribution in [0.15, 0.2) is 48.1 Å². The third-order valence-electron chi connectivity index (χ3n) is 12.8. The largest absolute Gasteiger partial charge is 0.756 e. The van der Waals surface area contributed by atoms with Crippen LogP contribution < -0.4 is 15.1 Å². The van der Waals surface area contributed by atoms with Crippen molar-refractivity contribution in [2.75, 3.05) is 19.8 Å². The molecule has 24 heteroatoms. The molecule has 3 amide bonds. The maximum Gasteiger partial charge on any atom is 0.333 e. The number of phosphoric ester groups is 2. The molecule has 0 radical (unpaired) electrons. The second kappa shape index (κ2) is 18.1. The van der Waals surface area contributed by atoms with Gasteiger partial charge < -0.3 is 43.9 Å².